The van der Waals surface area contributed by atoms with Crippen molar-refractivity contribution in [2.24, 2.45) is 0 Å². The van der Waals surface area contributed by atoms with Crippen molar-refractivity contribution in [3.05, 3.63) is 54.2 Å². The maximum Gasteiger partial charge on any atom is 0.251 e. The molecular formula is C13H11N5O2. The summed E-state index contributed by atoms with van der Waals surface area (Å²) in [5.74, 6) is 0.270. The van der Waals surface area contributed by atoms with Gasteiger partial charge in [0.05, 0.1) is 12.2 Å². The molecule has 3 aromatic rings. The first-order chi connectivity index (χ1) is 9.83. The van der Waals surface area contributed by atoms with Crippen molar-refractivity contribution in [1.29, 1.82) is 0 Å². The number of aromatic amines is 1. The van der Waals surface area contributed by atoms with Gasteiger partial charge in [-0.05, 0) is 30.3 Å². The summed E-state index contributed by atoms with van der Waals surface area (Å²) < 4.78 is 5.08. The summed E-state index contributed by atoms with van der Waals surface area (Å²) in [4.78, 5) is 11.9. The van der Waals surface area contributed by atoms with Crippen LogP contribution in [0.3, 0.4) is 0 Å². The van der Waals surface area contributed by atoms with Gasteiger partial charge < -0.3 is 9.73 Å². The zero-order chi connectivity index (χ0) is 13.8. The van der Waals surface area contributed by atoms with Crippen LogP contribution >= 0.6 is 0 Å². The highest BCUT2D eigenvalue weighted by Gasteiger charge is 2.08. The number of carbonyl (C=O) groups excluding carboxylic acids is 1. The molecule has 20 heavy (non-hydrogen) atoms. The number of aromatic nitrogens is 4. The lowest BCUT2D eigenvalue weighted by Gasteiger charge is -2.04. The number of hydrogen-bond donors (Lipinski definition) is 2. The second kappa shape index (κ2) is 5.35. The minimum Gasteiger partial charge on any atom is -0.423 e. The summed E-state index contributed by atoms with van der Waals surface area (Å²) in [7, 11) is 0. The van der Waals surface area contributed by atoms with Gasteiger partial charge in [-0.2, -0.15) is 5.10 Å². The summed E-state index contributed by atoms with van der Waals surface area (Å²) in [5, 5.41) is 16.8. The molecule has 2 N–H and O–H groups in total. The van der Waals surface area contributed by atoms with Gasteiger partial charge >= 0.3 is 0 Å². The van der Waals surface area contributed by atoms with Gasteiger partial charge in [0.1, 0.15) is 0 Å². The van der Waals surface area contributed by atoms with Gasteiger partial charge in [-0.1, -0.05) is 0 Å². The largest absolute Gasteiger partial charge is 0.423 e. The molecule has 7 heteroatoms. The lowest BCUT2D eigenvalue weighted by Crippen LogP contribution is -2.22. The Morgan fingerprint density at radius 3 is 2.75 bits per heavy atom. The van der Waals surface area contributed by atoms with Crippen LogP contribution in [0.5, 0.6) is 0 Å². The van der Waals surface area contributed by atoms with E-state index in [1.807, 2.05) is 0 Å². The first kappa shape index (κ1) is 12.1. The van der Waals surface area contributed by atoms with Crippen molar-refractivity contribution in [2.45, 2.75) is 6.54 Å². The fourth-order valence-electron chi connectivity index (χ4n) is 1.72. The minimum atomic E-state index is -0.156. The third kappa shape index (κ3) is 2.56. The van der Waals surface area contributed by atoms with E-state index >= 15 is 0 Å². The van der Waals surface area contributed by atoms with Gasteiger partial charge in [0, 0.05) is 17.3 Å². The lowest BCUT2D eigenvalue weighted by molar-refractivity contribution is 0.0950. The van der Waals surface area contributed by atoms with Gasteiger partial charge in [-0.3, -0.25) is 9.89 Å². The molecule has 2 heterocycles. The van der Waals surface area contributed by atoms with E-state index in [2.05, 4.69) is 25.7 Å². The summed E-state index contributed by atoms with van der Waals surface area (Å²) in [6.07, 6.45) is 2.90. The van der Waals surface area contributed by atoms with Crippen molar-refractivity contribution in [3.63, 3.8) is 0 Å². The highest BCUT2D eigenvalue weighted by Crippen LogP contribution is 2.16. The third-order valence-corrected chi connectivity index (χ3v) is 2.75. The zero-order valence-electron chi connectivity index (χ0n) is 10.4. The van der Waals surface area contributed by atoms with Gasteiger partial charge in [0.25, 0.3) is 5.91 Å². The predicted molar refractivity (Wildman–Crippen MR) is 69.5 cm³/mol. The Labute approximate surface area is 114 Å². The lowest BCUT2D eigenvalue weighted by atomic mass is 10.1. The SMILES string of the molecule is O=C(NCc1ccn[nH]1)c1ccc(-c2nnco2)cc1. The van der Waals surface area contributed by atoms with Crippen LogP contribution in [0.25, 0.3) is 11.5 Å². The first-order valence-corrected chi connectivity index (χ1v) is 5.96. The second-order valence-corrected chi connectivity index (χ2v) is 4.09. The number of benzene rings is 1. The van der Waals surface area contributed by atoms with E-state index in [4.69, 9.17) is 4.42 Å². The van der Waals surface area contributed by atoms with Crippen LogP contribution < -0.4 is 5.32 Å². The van der Waals surface area contributed by atoms with Crippen LogP contribution in [0.15, 0.2) is 47.3 Å². The van der Waals surface area contributed by atoms with E-state index in [0.717, 1.165) is 11.3 Å². The average Bonchev–Trinajstić information content (AvgIpc) is 3.18. The number of nitrogens with zero attached hydrogens (tertiary/aromatic N) is 3. The Morgan fingerprint density at radius 1 is 1.25 bits per heavy atom. The third-order valence-electron chi connectivity index (χ3n) is 2.75. The molecule has 100 valence electrons. The summed E-state index contributed by atoms with van der Waals surface area (Å²) in [6, 6.07) is 8.75. The Morgan fingerprint density at radius 2 is 2.10 bits per heavy atom. The number of H-pyrrole nitrogens is 1. The molecule has 0 atom stereocenters. The van der Waals surface area contributed by atoms with E-state index in [-0.39, 0.29) is 5.91 Å². The Bertz CT molecular complexity index is 674. The Balaban J connectivity index is 1.66. The van der Waals surface area contributed by atoms with E-state index < -0.39 is 0 Å². The molecule has 7 nitrogen and oxygen atoms in total. The molecule has 0 fully saturated rings. The molecule has 0 unspecified atom stereocenters. The Hall–Kier alpha value is -2.96. The van der Waals surface area contributed by atoms with Crippen LogP contribution in [-0.4, -0.2) is 26.3 Å². The maximum absolute atomic E-state index is 11.9. The number of amides is 1. The predicted octanol–water partition coefficient (Wildman–Crippen LogP) is 1.39. The van der Waals surface area contributed by atoms with Crippen molar-refractivity contribution >= 4 is 5.91 Å². The number of rotatable bonds is 4. The molecule has 0 aliphatic heterocycles. The molecule has 1 amide bonds. The molecular weight excluding hydrogens is 258 g/mol. The summed E-state index contributed by atoms with van der Waals surface area (Å²) >= 11 is 0. The highest BCUT2D eigenvalue weighted by atomic mass is 16.4. The van der Waals surface area contributed by atoms with Gasteiger partial charge in [-0.25, -0.2) is 0 Å². The van der Waals surface area contributed by atoms with E-state index in [1.54, 1.807) is 36.5 Å². The molecule has 0 bridgehead atoms. The standard InChI is InChI=1S/C13H11N5O2/c19-12(14-7-11-5-6-15-17-11)9-1-3-10(4-2-9)13-18-16-8-20-13/h1-6,8H,7H2,(H,14,19)(H,15,17). The van der Waals surface area contributed by atoms with Gasteiger partial charge in [0.2, 0.25) is 12.3 Å². The molecule has 0 aliphatic rings. The molecule has 1 aromatic carbocycles. The average molecular weight is 269 g/mol. The van der Waals surface area contributed by atoms with Crippen molar-refractivity contribution < 1.29 is 9.21 Å². The topological polar surface area (TPSA) is 96.7 Å². The van der Waals surface area contributed by atoms with E-state index in [0.29, 0.717) is 18.0 Å². The van der Waals surface area contributed by atoms with Crippen LogP contribution in [0, 0.1) is 0 Å². The maximum atomic E-state index is 11.9. The van der Waals surface area contributed by atoms with Crippen molar-refractivity contribution in [1.82, 2.24) is 25.7 Å². The van der Waals surface area contributed by atoms with Crippen LogP contribution in [0.1, 0.15) is 16.1 Å². The van der Waals surface area contributed by atoms with Gasteiger partial charge in [0.15, 0.2) is 0 Å². The van der Waals surface area contributed by atoms with E-state index in [1.165, 1.54) is 6.39 Å². The Kier molecular flexibility index (Phi) is 3.24. The number of carbonyl (C=O) groups is 1. The van der Waals surface area contributed by atoms with Crippen molar-refractivity contribution in [2.75, 3.05) is 0 Å². The molecule has 0 saturated carbocycles. The smallest absolute Gasteiger partial charge is 0.251 e. The fraction of sp³-hybridized carbons (Fsp3) is 0.0769. The molecule has 3 rings (SSSR count). The molecule has 2 aromatic heterocycles. The fourth-order valence-corrected chi connectivity index (χ4v) is 1.72. The normalized spacial score (nSPS) is 10.4. The number of nitrogens with one attached hydrogen (secondary N) is 2. The first-order valence-electron chi connectivity index (χ1n) is 5.96. The monoisotopic (exact) mass is 269 g/mol. The highest BCUT2D eigenvalue weighted by molar-refractivity contribution is 5.94. The van der Waals surface area contributed by atoms with Crippen LogP contribution in [-0.2, 0) is 6.54 Å². The summed E-state index contributed by atoms with van der Waals surface area (Å²) in [6.45, 7) is 0.407. The summed E-state index contributed by atoms with van der Waals surface area (Å²) in [5.41, 5.74) is 2.18. The molecule has 0 spiro atoms. The van der Waals surface area contributed by atoms with E-state index in [9.17, 15) is 4.79 Å². The second-order valence-electron chi connectivity index (χ2n) is 4.09. The van der Waals surface area contributed by atoms with Crippen LogP contribution in [0.4, 0.5) is 0 Å². The molecule has 0 saturated heterocycles. The minimum absolute atomic E-state index is 0.156. The quantitative estimate of drug-likeness (QED) is 0.746. The zero-order valence-corrected chi connectivity index (χ0v) is 10.4. The number of hydrogen-bond acceptors (Lipinski definition) is 5. The molecule has 0 radical (unpaired) electrons. The molecule has 0 aliphatic carbocycles. The van der Waals surface area contributed by atoms with Crippen molar-refractivity contribution in [3.8, 4) is 11.5 Å². The van der Waals surface area contributed by atoms with Crippen LogP contribution in [0.2, 0.25) is 0 Å². The van der Waals surface area contributed by atoms with Gasteiger partial charge in [-0.15, -0.1) is 10.2 Å².